The van der Waals surface area contributed by atoms with Crippen molar-refractivity contribution in [2.45, 2.75) is 13.8 Å². The van der Waals surface area contributed by atoms with Crippen LogP contribution in [0.4, 0.5) is 5.82 Å². The lowest BCUT2D eigenvalue weighted by atomic mass is 10.2. The van der Waals surface area contributed by atoms with Gasteiger partial charge in [0.2, 0.25) is 0 Å². The average Bonchev–Trinajstić information content (AvgIpc) is 2.50. The molecule has 4 heteroatoms. The van der Waals surface area contributed by atoms with Crippen LogP contribution >= 0.6 is 0 Å². The Bertz CT molecular complexity index is 791. The normalized spacial score (nSPS) is 11.1. The van der Waals surface area contributed by atoms with Crippen molar-refractivity contribution in [3.63, 3.8) is 0 Å². The zero-order chi connectivity index (χ0) is 14.7. The van der Waals surface area contributed by atoms with Crippen LogP contribution in [0.25, 0.3) is 11.0 Å². The topological polar surface area (TPSA) is 50.2 Å². The van der Waals surface area contributed by atoms with Crippen molar-refractivity contribution < 1.29 is 0 Å². The summed E-state index contributed by atoms with van der Waals surface area (Å²) in [6.45, 7) is 3.98. The molecule has 0 radical (unpaired) electrons. The molecule has 1 aromatic heterocycles. The van der Waals surface area contributed by atoms with Gasteiger partial charge in [0.15, 0.2) is 5.82 Å². The number of para-hydroxylation sites is 2. The monoisotopic (exact) mass is 276 g/mol. The van der Waals surface area contributed by atoms with Gasteiger partial charge in [0.25, 0.3) is 0 Å². The van der Waals surface area contributed by atoms with Crippen LogP contribution in [-0.4, -0.2) is 16.2 Å². The molecule has 0 saturated carbocycles. The van der Waals surface area contributed by atoms with Gasteiger partial charge in [-0.2, -0.15) is 5.10 Å². The van der Waals surface area contributed by atoms with Gasteiger partial charge in [-0.25, -0.2) is 9.97 Å². The first kappa shape index (κ1) is 13.2. The molecule has 0 aliphatic carbocycles. The number of nitrogens with one attached hydrogen (secondary N) is 1. The molecule has 0 amide bonds. The summed E-state index contributed by atoms with van der Waals surface area (Å²) in [4.78, 5) is 9.05. The van der Waals surface area contributed by atoms with E-state index < -0.39 is 0 Å². The highest BCUT2D eigenvalue weighted by Gasteiger charge is 2.03. The zero-order valence-electron chi connectivity index (χ0n) is 12.0. The summed E-state index contributed by atoms with van der Waals surface area (Å²) >= 11 is 0. The molecule has 0 aliphatic rings. The largest absolute Gasteiger partial charge is 0.260 e. The van der Waals surface area contributed by atoms with Crippen LogP contribution in [0, 0.1) is 13.8 Å². The predicted octanol–water partition coefficient (Wildman–Crippen LogP) is 3.69. The van der Waals surface area contributed by atoms with E-state index in [4.69, 9.17) is 0 Å². The van der Waals surface area contributed by atoms with E-state index in [0.29, 0.717) is 5.82 Å². The van der Waals surface area contributed by atoms with E-state index in [9.17, 15) is 0 Å². The Hall–Kier alpha value is -2.75. The summed E-state index contributed by atoms with van der Waals surface area (Å²) < 4.78 is 0. The SMILES string of the molecule is Cc1ccc(C=NNc2nc3ccccc3nc2C)cc1. The van der Waals surface area contributed by atoms with E-state index in [1.54, 1.807) is 6.21 Å². The first-order chi connectivity index (χ1) is 10.2. The Labute approximate surface area is 123 Å². The van der Waals surface area contributed by atoms with Crippen molar-refractivity contribution in [1.29, 1.82) is 0 Å². The molecular formula is C17H16N4. The number of anilines is 1. The molecule has 0 bridgehead atoms. The fraction of sp³-hybridized carbons (Fsp3) is 0.118. The van der Waals surface area contributed by atoms with Crippen molar-refractivity contribution in [3.05, 3.63) is 65.4 Å². The highest BCUT2D eigenvalue weighted by atomic mass is 15.3. The molecule has 0 fully saturated rings. The van der Waals surface area contributed by atoms with E-state index in [1.165, 1.54) is 5.56 Å². The van der Waals surface area contributed by atoms with E-state index in [-0.39, 0.29) is 0 Å². The highest BCUT2D eigenvalue weighted by Crippen LogP contribution is 2.15. The van der Waals surface area contributed by atoms with Crippen LogP contribution in [0.1, 0.15) is 16.8 Å². The van der Waals surface area contributed by atoms with Gasteiger partial charge in [-0.1, -0.05) is 42.0 Å². The first-order valence-corrected chi connectivity index (χ1v) is 6.81. The number of hydrogen-bond acceptors (Lipinski definition) is 4. The van der Waals surface area contributed by atoms with Gasteiger partial charge >= 0.3 is 0 Å². The van der Waals surface area contributed by atoms with Gasteiger partial charge in [0.1, 0.15) is 0 Å². The molecule has 0 unspecified atom stereocenters. The van der Waals surface area contributed by atoms with Crippen molar-refractivity contribution >= 4 is 23.1 Å². The van der Waals surface area contributed by atoms with Crippen LogP contribution < -0.4 is 5.43 Å². The van der Waals surface area contributed by atoms with Gasteiger partial charge in [-0.05, 0) is 31.5 Å². The van der Waals surface area contributed by atoms with Crippen LogP contribution in [0.15, 0.2) is 53.6 Å². The molecule has 0 saturated heterocycles. The van der Waals surface area contributed by atoms with E-state index in [1.807, 2.05) is 43.3 Å². The van der Waals surface area contributed by atoms with Gasteiger partial charge in [-0.15, -0.1) is 0 Å². The number of hydrogen-bond donors (Lipinski definition) is 1. The molecule has 21 heavy (non-hydrogen) atoms. The molecule has 4 nitrogen and oxygen atoms in total. The maximum Gasteiger partial charge on any atom is 0.168 e. The van der Waals surface area contributed by atoms with Crippen molar-refractivity contribution in [2.24, 2.45) is 5.10 Å². The van der Waals surface area contributed by atoms with Gasteiger partial charge in [0, 0.05) is 0 Å². The quantitative estimate of drug-likeness (QED) is 0.586. The fourth-order valence-electron chi connectivity index (χ4n) is 2.01. The van der Waals surface area contributed by atoms with Crippen LogP contribution in [0.5, 0.6) is 0 Å². The van der Waals surface area contributed by atoms with Crippen LogP contribution in [0.2, 0.25) is 0 Å². The molecule has 1 heterocycles. The molecule has 2 aromatic carbocycles. The van der Waals surface area contributed by atoms with Crippen molar-refractivity contribution in [1.82, 2.24) is 9.97 Å². The van der Waals surface area contributed by atoms with Crippen LogP contribution in [-0.2, 0) is 0 Å². The third kappa shape index (κ3) is 3.05. The summed E-state index contributed by atoms with van der Waals surface area (Å²) in [7, 11) is 0. The van der Waals surface area contributed by atoms with Gasteiger partial charge in [-0.3, -0.25) is 5.43 Å². The van der Waals surface area contributed by atoms with Crippen LogP contribution in [0.3, 0.4) is 0 Å². The lowest BCUT2D eigenvalue weighted by molar-refractivity contribution is 1.15. The molecule has 1 N–H and O–H groups in total. The molecule has 3 aromatic rings. The maximum absolute atomic E-state index is 4.53. The number of hydrazone groups is 1. The third-order valence-electron chi connectivity index (χ3n) is 3.21. The number of fused-ring (bicyclic) bond motifs is 1. The third-order valence-corrected chi connectivity index (χ3v) is 3.21. The van der Waals surface area contributed by atoms with E-state index in [2.05, 4.69) is 39.6 Å². The Morgan fingerprint density at radius 1 is 0.905 bits per heavy atom. The number of aromatic nitrogens is 2. The predicted molar refractivity (Wildman–Crippen MR) is 86.7 cm³/mol. The highest BCUT2D eigenvalue weighted by molar-refractivity contribution is 5.80. The molecule has 0 spiro atoms. The minimum Gasteiger partial charge on any atom is -0.260 e. The summed E-state index contributed by atoms with van der Waals surface area (Å²) in [5.41, 5.74) is 7.82. The fourth-order valence-corrected chi connectivity index (χ4v) is 2.01. The minimum absolute atomic E-state index is 0.678. The molecular weight excluding hydrogens is 260 g/mol. The standard InChI is InChI=1S/C17H16N4/c1-12-7-9-14(10-8-12)11-18-21-17-13(2)19-15-5-3-4-6-16(15)20-17/h3-11H,1-2H3,(H,20,21). The van der Waals surface area contributed by atoms with Crippen molar-refractivity contribution in [2.75, 3.05) is 5.43 Å². The minimum atomic E-state index is 0.678. The van der Waals surface area contributed by atoms with Gasteiger partial charge in [0.05, 0.1) is 22.9 Å². The Morgan fingerprint density at radius 2 is 1.57 bits per heavy atom. The summed E-state index contributed by atoms with van der Waals surface area (Å²) in [5, 5.41) is 4.23. The van der Waals surface area contributed by atoms with E-state index in [0.717, 1.165) is 22.3 Å². The number of aryl methyl sites for hydroxylation is 2. The lowest BCUT2D eigenvalue weighted by Gasteiger charge is -2.05. The number of rotatable bonds is 3. The summed E-state index contributed by atoms with van der Waals surface area (Å²) in [6.07, 6.45) is 1.77. The second kappa shape index (κ2) is 5.71. The number of nitrogens with zero attached hydrogens (tertiary/aromatic N) is 3. The maximum atomic E-state index is 4.53. The second-order valence-corrected chi connectivity index (χ2v) is 4.93. The van der Waals surface area contributed by atoms with E-state index >= 15 is 0 Å². The molecule has 104 valence electrons. The Morgan fingerprint density at radius 3 is 2.29 bits per heavy atom. The molecule has 3 rings (SSSR count). The summed E-state index contributed by atoms with van der Waals surface area (Å²) in [5.74, 6) is 0.678. The zero-order valence-corrected chi connectivity index (χ0v) is 12.0. The first-order valence-electron chi connectivity index (χ1n) is 6.81. The second-order valence-electron chi connectivity index (χ2n) is 4.93. The Kier molecular flexibility index (Phi) is 3.60. The Balaban J connectivity index is 1.81. The molecule has 0 aliphatic heterocycles. The smallest absolute Gasteiger partial charge is 0.168 e. The van der Waals surface area contributed by atoms with Crippen molar-refractivity contribution in [3.8, 4) is 0 Å². The summed E-state index contributed by atoms with van der Waals surface area (Å²) in [6, 6.07) is 16.0. The average molecular weight is 276 g/mol. The number of benzene rings is 2. The van der Waals surface area contributed by atoms with Gasteiger partial charge < -0.3 is 0 Å². The lowest BCUT2D eigenvalue weighted by Crippen LogP contribution is -1.99. The molecule has 0 atom stereocenters.